The summed E-state index contributed by atoms with van der Waals surface area (Å²) in [6.45, 7) is 2.55. The van der Waals surface area contributed by atoms with Gasteiger partial charge in [0.1, 0.15) is 0 Å². The third-order valence-corrected chi connectivity index (χ3v) is 3.54. The predicted octanol–water partition coefficient (Wildman–Crippen LogP) is 2.64. The summed E-state index contributed by atoms with van der Waals surface area (Å²) < 4.78 is 22.4. The Morgan fingerprint density at radius 3 is 2.38 bits per heavy atom. The monoisotopic (exact) mass is 259 g/mol. The fourth-order valence-corrected chi connectivity index (χ4v) is 1.81. The van der Waals surface area contributed by atoms with Crippen LogP contribution in [-0.2, 0) is 9.84 Å². The lowest BCUT2D eigenvalue weighted by atomic mass is 10.3. The first-order valence-electron chi connectivity index (χ1n) is 4.73. The van der Waals surface area contributed by atoms with Crippen molar-refractivity contribution >= 4 is 27.1 Å². The van der Waals surface area contributed by atoms with Crippen LogP contribution >= 0.6 is 11.6 Å². The molecule has 0 aromatic heterocycles. The van der Waals surface area contributed by atoms with Gasteiger partial charge >= 0.3 is 0 Å². The van der Waals surface area contributed by atoms with Gasteiger partial charge < -0.3 is 5.32 Å². The molecule has 0 aliphatic heterocycles. The van der Waals surface area contributed by atoms with Gasteiger partial charge in [-0.05, 0) is 36.8 Å². The van der Waals surface area contributed by atoms with Crippen LogP contribution in [0.5, 0.6) is 0 Å². The molecule has 1 aromatic carbocycles. The van der Waals surface area contributed by atoms with E-state index >= 15 is 0 Å². The van der Waals surface area contributed by atoms with Gasteiger partial charge in [0, 0.05) is 24.0 Å². The van der Waals surface area contributed by atoms with Gasteiger partial charge in [0.05, 0.1) is 4.90 Å². The summed E-state index contributed by atoms with van der Waals surface area (Å²) in [6.07, 6.45) is 1.19. The number of nitrogens with one attached hydrogen (secondary N) is 1. The molecule has 3 nitrogen and oxygen atoms in total. The molecular weight excluding hydrogens is 246 g/mol. The Balaban J connectivity index is 2.73. The van der Waals surface area contributed by atoms with Crippen LogP contribution in [-0.4, -0.2) is 21.2 Å². The highest BCUT2D eigenvalue weighted by molar-refractivity contribution is 7.90. The molecule has 0 saturated heterocycles. The maximum Gasteiger partial charge on any atom is 0.175 e. The smallest absolute Gasteiger partial charge is 0.175 e. The molecule has 5 heteroatoms. The Hall–Kier alpha value is -1.00. The number of hydrogen-bond acceptors (Lipinski definition) is 3. The van der Waals surface area contributed by atoms with Gasteiger partial charge in [-0.1, -0.05) is 11.6 Å². The van der Waals surface area contributed by atoms with Gasteiger partial charge in [-0.3, -0.25) is 0 Å². The quantitative estimate of drug-likeness (QED) is 0.904. The molecule has 0 aliphatic rings. The van der Waals surface area contributed by atoms with Crippen molar-refractivity contribution in [2.24, 2.45) is 0 Å². The molecule has 0 spiro atoms. The van der Waals surface area contributed by atoms with E-state index in [9.17, 15) is 8.42 Å². The van der Waals surface area contributed by atoms with Gasteiger partial charge in [0.2, 0.25) is 0 Å². The largest absolute Gasteiger partial charge is 0.381 e. The molecule has 1 aromatic rings. The SMILES string of the molecule is C/C(=C/Cl)CNc1ccc(S(C)(=O)=O)cc1. The maximum atomic E-state index is 11.2. The van der Waals surface area contributed by atoms with E-state index in [1.54, 1.807) is 24.3 Å². The van der Waals surface area contributed by atoms with Crippen LogP contribution in [0, 0.1) is 0 Å². The summed E-state index contributed by atoms with van der Waals surface area (Å²) in [5.41, 5.74) is 3.39. The van der Waals surface area contributed by atoms with Crippen molar-refractivity contribution in [2.75, 3.05) is 18.1 Å². The fraction of sp³-hybridized carbons (Fsp3) is 0.273. The van der Waals surface area contributed by atoms with Crippen molar-refractivity contribution in [3.8, 4) is 0 Å². The van der Waals surface area contributed by atoms with Crippen molar-refractivity contribution in [2.45, 2.75) is 11.8 Å². The van der Waals surface area contributed by atoms with E-state index in [4.69, 9.17) is 11.6 Å². The minimum atomic E-state index is -3.12. The molecule has 0 fully saturated rings. The summed E-state index contributed by atoms with van der Waals surface area (Å²) in [5, 5.41) is 3.13. The molecule has 0 radical (unpaired) electrons. The first-order chi connectivity index (χ1) is 7.43. The maximum absolute atomic E-state index is 11.2. The summed E-state index contributed by atoms with van der Waals surface area (Å²) in [7, 11) is -3.12. The number of anilines is 1. The molecule has 88 valence electrons. The molecule has 0 atom stereocenters. The van der Waals surface area contributed by atoms with Crippen molar-refractivity contribution in [3.05, 3.63) is 35.4 Å². The van der Waals surface area contributed by atoms with Crippen LogP contribution < -0.4 is 5.32 Å². The lowest BCUT2D eigenvalue weighted by Gasteiger charge is -2.06. The van der Waals surface area contributed by atoms with Gasteiger partial charge in [0.25, 0.3) is 0 Å². The molecule has 1 N–H and O–H groups in total. The van der Waals surface area contributed by atoms with Gasteiger partial charge in [-0.2, -0.15) is 0 Å². The highest BCUT2D eigenvalue weighted by atomic mass is 35.5. The highest BCUT2D eigenvalue weighted by Gasteiger charge is 2.05. The molecule has 0 saturated carbocycles. The second-order valence-corrected chi connectivity index (χ2v) is 5.84. The molecule has 0 unspecified atom stereocenters. The van der Waals surface area contributed by atoms with E-state index in [2.05, 4.69) is 5.32 Å². The zero-order valence-electron chi connectivity index (χ0n) is 9.20. The topological polar surface area (TPSA) is 46.2 Å². The standard InChI is InChI=1S/C11H14ClNO2S/c1-9(7-12)8-13-10-3-5-11(6-4-10)16(2,14)15/h3-7,13H,8H2,1-2H3/b9-7-. The molecule has 0 bridgehead atoms. The summed E-state index contributed by atoms with van der Waals surface area (Å²) >= 11 is 5.52. The summed E-state index contributed by atoms with van der Waals surface area (Å²) in [4.78, 5) is 0.322. The third-order valence-electron chi connectivity index (χ3n) is 2.04. The Kier molecular flexibility index (Phi) is 4.38. The van der Waals surface area contributed by atoms with Crippen LogP contribution in [0.4, 0.5) is 5.69 Å². The van der Waals surface area contributed by atoms with Crippen molar-refractivity contribution in [3.63, 3.8) is 0 Å². The van der Waals surface area contributed by atoms with Crippen LogP contribution in [0.1, 0.15) is 6.92 Å². The van der Waals surface area contributed by atoms with Gasteiger partial charge in [-0.15, -0.1) is 0 Å². The lowest BCUT2D eigenvalue weighted by molar-refractivity contribution is 0.602. The van der Waals surface area contributed by atoms with E-state index in [-0.39, 0.29) is 0 Å². The number of halogens is 1. The molecule has 16 heavy (non-hydrogen) atoms. The van der Waals surface area contributed by atoms with E-state index in [0.717, 1.165) is 11.3 Å². The molecule has 1 rings (SSSR count). The summed E-state index contributed by atoms with van der Waals surface area (Å²) in [5.74, 6) is 0. The van der Waals surface area contributed by atoms with Gasteiger partial charge in [-0.25, -0.2) is 8.42 Å². The second kappa shape index (κ2) is 5.37. The first-order valence-corrected chi connectivity index (χ1v) is 7.06. The van der Waals surface area contributed by atoms with Crippen molar-refractivity contribution < 1.29 is 8.42 Å². The Bertz CT molecular complexity index is 477. The third kappa shape index (κ3) is 3.87. The van der Waals surface area contributed by atoms with Crippen molar-refractivity contribution in [1.82, 2.24) is 0 Å². The van der Waals surface area contributed by atoms with Crippen LogP contribution in [0.25, 0.3) is 0 Å². The lowest BCUT2D eigenvalue weighted by Crippen LogP contribution is -2.03. The number of rotatable bonds is 4. The first kappa shape index (κ1) is 13.1. The minimum Gasteiger partial charge on any atom is -0.381 e. The number of hydrogen-bond donors (Lipinski definition) is 1. The average molecular weight is 260 g/mol. The predicted molar refractivity (Wildman–Crippen MR) is 67.7 cm³/mol. The Labute approximate surface area is 101 Å². The normalized spacial score (nSPS) is 12.6. The van der Waals surface area contributed by atoms with Gasteiger partial charge in [0.15, 0.2) is 9.84 Å². The Morgan fingerprint density at radius 2 is 1.94 bits per heavy atom. The highest BCUT2D eigenvalue weighted by Crippen LogP contribution is 2.14. The number of sulfone groups is 1. The van der Waals surface area contributed by atoms with Crippen LogP contribution in [0.2, 0.25) is 0 Å². The molecule has 0 aliphatic carbocycles. The van der Waals surface area contributed by atoms with E-state index in [0.29, 0.717) is 11.4 Å². The van der Waals surface area contributed by atoms with E-state index in [1.807, 2.05) is 6.92 Å². The minimum absolute atomic E-state index is 0.322. The second-order valence-electron chi connectivity index (χ2n) is 3.61. The summed E-state index contributed by atoms with van der Waals surface area (Å²) in [6, 6.07) is 6.63. The van der Waals surface area contributed by atoms with Crippen LogP contribution in [0.3, 0.4) is 0 Å². The zero-order valence-corrected chi connectivity index (χ0v) is 10.8. The van der Waals surface area contributed by atoms with E-state index in [1.165, 1.54) is 11.8 Å². The zero-order chi connectivity index (χ0) is 12.2. The van der Waals surface area contributed by atoms with Crippen LogP contribution in [0.15, 0.2) is 40.3 Å². The van der Waals surface area contributed by atoms with Crippen molar-refractivity contribution in [1.29, 1.82) is 0 Å². The molecule has 0 heterocycles. The Morgan fingerprint density at radius 1 is 1.38 bits per heavy atom. The molecule has 0 amide bonds. The number of benzene rings is 1. The fourth-order valence-electron chi connectivity index (χ4n) is 1.10. The molecular formula is C11H14ClNO2S. The average Bonchev–Trinajstić information content (AvgIpc) is 2.25. The van der Waals surface area contributed by atoms with E-state index < -0.39 is 9.84 Å².